The minimum Gasteiger partial charge on any atom is -0.394 e. The molecule has 1 aromatic rings. The Labute approximate surface area is 92.3 Å². The van der Waals surface area contributed by atoms with Crippen LogP contribution in [0.5, 0.6) is 0 Å². The molecule has 3 heteroatoms. The van der Waals surface area contributed by atoms with Crippen molar-refractivity contribution in [2.75, 3.05) is 6.61 Å². The Morgan fingerprint density at radius 2 is 2.21 bits per heavy atom. The summed E-state index contributed by atoms with van der Waals surface area (Å²) in [5, 5.41) is 8.93. The van der Waals surface area contributed by atoms with Gasteiger partial charge in [0.1, 0.15) is 0 Å². The normalized spacial score (nSPS) is 18.2. The number of aliphatic hydroxyl groups excluding tert-OH is 1. The van der Waals surface area contributed by atoms with Gasteiger partial charge in [0.05, 0.1) is 12.6 Å². The van der Waals surface area contributed by atoms with Gasteiger partial charge in [0.2, 0.25) is 0 Å². The van der Waals surface area contributed by atoms with E-state index in [1.807, 2.05) is 12.1 Å². The molecule has 2 nitrogen and oxygen atoms in total. The topological polar surface area (TPSA) is 46.2 Å². The fourth-order valence-electron chi connectivity index (χ4n) is 1.60. The molecular weight excluding hydrogens is 242 g/mol. The van der Waals surface area contributed by atoms with Gasteiger partial charge in [0, 0.05) is 4.47 Å². The molecule has 0 spiro atoms. The lowest BCUT2D eigenvalue weighted by atomic mass is 10.0. The quantitative estimate of drug-likeness (QED) is 0.871. The van der Waals surface area contributed by atoms with Gasteiger partial charge in [-0.15, -0.1) is 0 Å². The largest absolute Gasteiger partial charge is 0.394 e. The summed E-state index contributed by atoms with van der Waals surface area (Å²) >= 11 is 3.55. The van der Waals surface area contributed by atoms with Crippen LogP contribution in [0.4, 0.5) is 0 Å². The molecule has 1 aliphatic carbocycles. The van der Waals surface area contributed by atoms with Crippen LogP contribution in [0.3, 0.4) is 0 Å². The molecule has 0 heterocycles. The molecule has 2 rings (SSSR count). The molecule has 1 atom stereocenters. The van der Waals surface area contributed by atoms with Crippen LogP contribution in [0, 0.1) is 0 Å². The lowest BCUT2D eigenvalue weighted by Gasteiger charge is -2.11. The molecule has 0 amide bonds. The first kappa shape index (κ1) is 10.1. The Morgan fingerprint density at radius 3 is 2.71 bits per heavy atom. The maximum absolute atomic E-state index is 8.93. The Hall–Kier alpha value is -0.380. The Balaban J connectivity index is 2.25. The van der Waals surface area contributed by atoms with Gasteiger partial charge in [0.15, 0.2) is 0 Å². The smallest absolute Gasteiger partial charge is 0.0624 e. The molecule has 0 aromatic heterocycles. The van der Waals surface area contributed by atoms with Crippen LogP contribution in [0.15, 0.2) is 22.7 Å². The summed E-state index contributed by atoms with van der Waals surface area (Å²) in [6.07, 6.45) is 2.59. The van der Waals surface area contributed by atoms with Crippen molar-refractivity contribution in [3.63, 3.8) is 0 Å². The average molecular weight is 256 g/mol. The number of rotatable bonds is 3. The van der Waals surface area contributed by atoms with Crippen LogP contribution in [-0.2, 0) is 0 Å². The van der Waals surface area contributed by atoms with E-state index in [9.17, 15) is 0 Å². The third-order valence-corrected chi connectivity index (χ3v) is 3.35. The fraction of sp³-hybridized carbons (Fsp3) is 0.455. The number of aliphatic hydroxyl groups is 1. The zero-order valence-corrected chi connectivity index (χ0v) is 9.50. The molecule has 1 aromatic carbocycles. The summed E-state index contributed by atoms with van der Waals surface area (Å²) in [5.74, 6) is 0.740. The molecule has 76 valence electrons. The van der Waals surface area contributed by atoms with Crippen LogP contribution >= 0.6 is 15.9 Å². The Morgan fingerprint density at radius 1 is 1.50 bits per heavy atom. The summed E-state index contributed by atoms with van der Waals surface area (Å²) in [6.45, 7) is -0.00475. The monoisotopic (exact) mass is 255 g/mol. The van der Waals surface area contributed by atoms with E-state index in [0.29, 0.717) is 0 Å². The second kappa shape index (κ2) is 4.01. The molecule has 0 saturated heterocycles. The number of benzene rings is 1. The highest BCUT2D eigenvalue weighted by Gasteiger charge is 2.25. The maximum Gasteiger partial charge on any atom is 0.0624 e. The van der Waals surface area contributed by atoms with E-state index in [0.717, 1.165) is 16.0 Å². The highest BCUT2D eigenvalue weighted by atomic mass is 79.9. The summed E-state index contributed by atoms with van der Waals surface area (Å²) in [5.41, 5.74) is 8.10. The highest BCUT2D eigenvalue weighted by Crippen LogP contribution is 2.43. The van der Waals surface area contributed by atoms with Crippen molar-refractivity contribution in [2.45, 2.75) is 24.8 Å². The third kappa shape index (κ3) is 2.00. The first-order chi connectivity index (χ1) is 6.72. The molecule has 3 N–H and O–H groups in total. The minimum atomic E-state index is -0.264. The number of hydrogen-bond acceptors (Lipinski definition) is 2. The van der Waals surface area contributed by atoms with Crippen molar-refractivity contribution in [1.82, 2.24) is 0 Å². The Bertz CT molecular complexity index is 336. The molecule has 1 saturated carbocycles. The van der Waals surface area contributed by atoms with Crippen molar-refractivity contribution >= 4 is 15.9 Å². The molecular formula is C11H14BrNO. The van der Waals surface area contributed by atoms with Gasteiger partial charge in [0.25, 0.3) is 0 Å². The number of hydrogen-bond donors (Lipinski definition) is 2. The first-order valence-corrected chi connectivity index (χ1v) is 5.67. The predicted molar refractivity (Wildman–Crippen MR) is 60.1 cm³/mol. The average Bonchev–Trinajstić information content (AvgIpc) is 3.00. The minimum absolute atomic E-state index is 0.00475. The fourth-order valence-corrected chi connectivity index (χ4v) is 2.33. The van der Waals surface area contributed by atoms with E-state index in [1.54, 1.807) is 0 Å². The van der Waals surface area contributed by atoms with Gasteiger partial charge in [-0.25, -0.2) is 0 Å². The number of nitrogens with two attached hydrogens (primary N) is 1. The van der Waals surface area contributed by atoms with Crippen molar-refractivity contribution in [3.8, 4) is 0 Å². The molecule has 1 unspecified atom stereocenters. The van der Waals surface area contributed by atoms with Crippen LogP contribution < -0.4 is 5.73 Å². The summed E-state index contributed by atoms with van der Waals surface area (Å²) < 4.78 is 1.13. The van der Waals surface area contributed by atoms with Gasteiger partial charge in [-0.2, -0.15) is 0 Å². The Kier molecular flexibility index (Phi) is 2.91. The van der Waals surface area contributed by atoms with E-state index in [2.05, 4.69) is 22.0 Å². The number of halogens is 1. The summed E-state index contributed by atoms with van der Waals surface area (Å²) in [7, 11) is 0. The molecule has 1 fully saturated rings. The van der Waals surface area contributed by atoms with Crippen LogP contribution in [0.1, 0.15) is 35.9 Å². The van der Waals surface area contributed by atoms with E-state index in [1.165, 1.54) is 18.4 Å². The molecule has 0 bridgehead atoms. The van der Waals surface area contributed by atoms with Crippen molar-refractivity contribution in [1.29, 1.82) is 0 Å². The second-order valence-electron chi connectivity index (χ2n) is 3.84. The van der Waals surface area contributed by atoms with Gasteiger partial charge >= 0.3 is 0 Å². The van der Waals surface area contributed by atoms with Crippen LogP contribution in [0.2, 0.25) is 0 Å². The molecule has 1 aliphatic rings. The van der Waals surface area contributed by atoms with Gasteiger partial charge < -0.3 is 10.8 Å². The predicted octanol–water partition coefficient (Wildman–Crippen LogP) is 2.32. The first-order valence-electron chi connectivity index (χ1n) is 4.88. The molecule has 14 heavy (non-hydrogen) atoms. The van der Waals surface area contributed by atoms with Crippen molar-refractivity contribution in [2.24, 2.45) is 5.73 Å². The van der Waals surface area contributed by atoms with E-state index in [-0.39, 0.29) is 12.6 Å². The van der Waals surface area contributed by atoms with E-state index >= 15 is 0 Å². The van der Waals surface area contributed by atoms with Crippen molar-refractivity contribution in [3.05, 3.63) is 33.8 Å². The van der Waals surface area contributed by atoms with Gasteiger partial charge in [-0.05, 0) is 36.0 Å². The second-order valence-corrected chi connectivity index (χ2v) is 4.70. The summed E-state index contributed by atoms with van der Waals surface area (Å²) in [6, 6.07) is 5.89. The summed E-state index contributed by atoms with van der Waals surface area (Å²) in [4.78, 5) is 0. The highest BCUT2D eigenvalue weighted by molar-refractivity contribution is 9.10. The van der Waals surface area contributed by atoms with E-state index in [4.69, 9.17) is 10.8 Å². The molecule has 0 radical (unpaired) electrons. The van der Waals surface area contributed by atoms with Crippen LogP contribution in [-0.4, -0.2) is 11.7 Å². The van der Waals surface area contributed by atoms with Gasteiger partial charge in [-0.1, -0.05) is 28.1 Å². The standard InChI is InChI=1S/C11H14BrNO/c12-10-5-8(11(13)6-14)3-4-9(10)7-1-2-7/h3-5,7,11,14H,1-2,6,13H2. The zero-order valence-electron chi connectivity index (χ0n) is 7.91. The zero-order chi connectivity index (χ0) is 10.1. The lowest BCUT2D eigenvalue weighted by molar-refractivity contribution is 0.268. The lowest BCUT2D eigenvalue weighted by Crippen LogP contribution is -2.14. The maximum atomic E-state index is 8.93. The van der Waals surface area contributed by atoms with Crippen LogP contribution in [0.25, 0.3) is 0 Å². The third-order valence-electron chi connectivity index (χ3n) is 2.67. The van der Waals surface area contributed by atoms with Crippen molar-refractivity contribution < 1.29 is 5.11 Å². The molecule has 0 aliphatic heterocycles. The van der Waals surface area contributed by atoms with E-state index < -0.39 is 0 Å². The van der Waals surface area contributed by atoms with Gasteiger partial charge in [-0.3, -0.25) is 0 Å². The SMILES string of the molecule is NC(CO)c1ccc(C2CC2)c(Br)c1.